The van der Waals surface area contributed by atoms with E-state index in [1.807, 2.05) is 33.5 Å². The molecule has 3 rings (SSSR count). The van der Waals surface area contributed by atoms with Crippen LogP contribution in [-0.2, 0) is 13.1 Å². The van der Waals surface area contributed by atoms with Gasteiger partial charge in [-0.2, -0.15) is 0 Å². The number of aryl methyl sites for hydroxylation is 2. The summed E-state index contributed by atoms with van der Waals surface area (Å²) in [6.07, 6.45) is 6.47. The molecule has 21 heavy (non-hydrogen) atoms. The molecule has 2 N–H and O–H groups in total. The monoisotopic (exact) mass is 285 g/mol. The molecular weight excluding hydrogens is 266 g/mol. The molecule has 0 atom stereocenters. The second-order valence-electron chi connectivity index (χ2n) is 4.89. The molecule has 110 valence electrons. The van der Waals surface area contributed by atoms with E-state index in [1.54, 1.807) is 12.5 Å². The van der Waals surface area contributed by atoms with Gasteiger partial charge in [-0.3, -0.25) is 0 Å². The smallest absolute Gasteiger partial charge is 0.201 e. The van der Waals surface area contributed by atoms with E-state index in [0.717, 1.165) is 36.3 Å². The number of anilines is 1. The van der Waals surface area contributed by atoms with Crippen LogP contribution in [0.15, 0.2) is 36.9 Å². The fourth-order valence-electron chi connectivity index (χ4n) is 2.34. The van der Waals surface area contributed by atoms with E-state index in [4.69, 9.17) is 10.5 Å². The van der Waals surface area contributed by atoms with Crippen molar-refractivity contribution in [2.75, 3.05) is 12.3 Å². The first kappa shape index (κ1) is 13.5. The average molecular weight is 285 g/mol. The van der Waals surface area contributed by atoms with Gasteiger partial charge in [-0.15, -0.1) is 0 Å². The van der Waals surface area contributed by atoms with Gasteiger partial charge in [0.15, 0.2) is 0 Å². The van der Waals surface area contributed by atoms with Gasteiger partial charge in [0, 0.05) is 25.5 Å². The molecule has 2 heterocycles. The van der Waals surface area contributed by atoms with Gasteiger partial charge in [0.25, 0.3) is 0 Å². The minimum Gasteiger partial charge on any atom is -0.491 e. The standard InChI is InChI=1S/C15H19N5O/c1-2-10-21-13-5-3-4-12-14(13)18-15(16)20(12)9-8-19-7-6-17-11-19/h3-7,11H,2,8-10H2,1H3,(H2,16,18). The minimum atomic E-state index is 0.512. The maximum Gasteiger partial charge on any atom is 0.201 e. The first-order valence-corrected chi connectivity index (χ1v) is 7.13. The Kier molecular flexibility index (Phi) is 3.77. The van der Waals surface area contributed by atoms with Crippen LogP contribution in [0.4, 0.5) is 5.95 Å². The van der Waals surface area contributed by atoms with Gasteiger partial charge in [-0.05, 0) is 18.6 Å². The number of para-hydroxylation sites is 1. The Bertz CT molecular complexity index is 717. The number of imidazole rings is 2. The molecule has 1 aromatic carbocycles. The summed E-state index contributed by atoms with van der Waals surface area (Å²) in [4.78, 5) is 8.50. The van der Waals surface area contributed by atoms with Crippen molar-refractivity contribution < 1.29 is 4.74 Å². The van der Waals surface area contributed by atoms with Crippen LogP contribution in [0.2, 0.25) is 0 Å². The molecule has 0 fully saturated rings. The summed E-state index contributed by atoms with van der Waals surface area (Å²) < 4.78 is 9.77. The van der Waals surface area contributed by atoms with Crippen LogP contribution in [0.5, 0.6) is 5.75 Å². The number of ether oxygens (including phenoxy) is 1. The fraction of sp³-hybridized carbons (Fsp3) is 0.333. The Morgan fingerprint density at radius 1 is 1.29 bits per heavy atom. The summed E-state index contributed by atoms with van der Waals surface area (Å²) in [6, 6.07) is 5.93. The largest absolute Gasteiger partial charge is 0.491 e. The van der Waals surface area contributed by atoms with Crippen LogP contribution in [0.1, 0.15) is 13.3 Å². The predicted octanol–water partition coefficient (Wildman–Crippen LogP) is 2.30. The van der Waals surface area contributed by atoms with E-state index >= 15 is 0 Å². The molecule has 0 aliphatic rings. The summed E-state index contributed by atoms with van der Waals surface area (Å²) in [6.45, 7) is 4.31. The van der Waals surface area contributed by atoms with E-state index in [1.165, 1.54) is 0 Å². The Morgan fingerprint density at radius 2 is 2.19 bits per heavy atom. The molecule has 2 aromatic heterocycles. The lowest BCUT2D eigenvalue weighted by molar-refractivity contribution is 0.320. The van der Waals surface area contributed by atoms with Crippen LogP contribution in [0, 0.1) is 0 Å². The van der Waals surface area contributed by atoms with E-state index in [2.05, 4.69) is 16.9 Å². The summed E-state index contributed by atoms with van der Waals surface area (Å²) in [5.74, 6) is 1.31. The number of fused-ring (bicyclic) bond motifs is 1. The van der Waals surface area contributed by atoms with Crippen LogP contribution < -0.4 is 10.5 Å². The van der Waals surface area contributed by atoms with Gasteiger partial charge >= 0.3 is 0 Å². The van der Waals surface area contributed by atoms with Crippen molar-refractivity contribution in [3.05, 3.63) is 36.9 Å². The number of hydrogen-bond donors (Lipinski definition) is 1. The zero-order chi connectivity index (χ0) is 14.7. The molecule has 0 radical (unpaired) electrons. The maximum atomic E-state index is 6.06. The number of benzene rings is 1. The van der Waals surface area contributed by atoms with E-state index in [9.17, 15) is 0 Å². The first-order valence-electron chi connectivity index (χ1n) is 7.13. The van der Waals surface area contributed by atoms with Crippen LogP contribution in [0.3, 0.4) is 0 Å². The van der Waals surface area contributed by atoms with Crippen molar-refractivity contribution in [1.82, 2.24) is 19.1 Å². The third kappa shape index (κ3) is 2.69. The molecular formula is C15H19N5O. The molecule has 0 amide bonds. The quantitative estimate of drug-likeness (QED) is 0.754. The molecule has 0 unspecified atom stereocenters. The number of nitrogens with two attached hydrogens (primary N) is 1. The molecule has 0 bridgehead atoms. The van der Waals surface area contributed by atoms with Crippen molar-refractivity contribution in [1.29, 1.82) is 0 Å². The van der Waals surface area contributed by atoms with Crippen LogP contribution >= 0.6 is 0 Å². The second kappa shape index (κ2) is 5.87. The highest BCUT2D eigenvalue weighted by atomic mass is 16.5. The van der Waals surface area contributed by atoms with Gasteiger partial charge in [0.2, 0.25) is 5.95 Å². The first-order chi connectivity index (χ1) is 10.3. The van der Waals surface area contributed by atoms with Gasteiger partial charge in [0.1, 0.15) is 11.3 Å². The van der Waals surface area contributed by atoms with Gasteiger partial charge in [-0.1, -0.05) is 13.0 Å². The maximum absolute atomic E-state index is 6.06. The second-order valence-corrected chi connectivity index (χ2v) is 4.89. The third-order valence-corrected chi connectivity index (χ3v) is 3.37. The van der Waals surface area contributed by atoms with Gasteiger partial charge < -0.3 is 19.6 Å². The Morgan fingerprint density at radius 3 is 2.95 bits per heavy atom. The normalized spacial score (nSPS) is 11.1. The zero-order valence-electron chi connectivity index (χ0n) is 12.1. The topological polar surface area (TPSA) is 70.9 Å². The molecule has 0 saturated carbocycles. The van der Waals surface area contributed by atoms with Crippen molar-refractivity contribution in [2.24, 2.45) is 0 Å². The van der Waals surface area contributed by atoms with Crippen LogP contribution in [-0.4, -0.2) is 25.7 Å². The highest BCUT2D eigenvalue weighted by Crippen LogP contribution is 2.27. The highest BCUT2D eigenvalue weighted by molar-refractivity contribution is 5.84. The summed E-state index contributed by atoms with van der Waals surface area (Å²) in [5.41, 5.74) is 7.89. The van der Waals surface area contributed by atoms with E-state index in [0.29, 0.717) is 12.6 Å². The Hall–Kier alpha value is -2.50. The summed E-state index contributed by atoms with van der Waals surface area (Å²) >= 11 is 0. The molecule has 0 aliphatic carbocycles. The highest BCUT2D eigenvalue weighted by Gasteiger charge is 2.12. The average Bonchev–Trinajstić information content (AvgIpc) is 3.10. The number of rotatable bonds is 6. The van der Waals surface area contributed by atoms with Crippen molar-refractivity contribution in [2.45, 2.75) is 26.4 Å². The van der Waals surface area contributed by atoms with Gasteiger partial charge in [0.05, 0.1) is 18.5 Å². The van der Waals surface area contributed by atoms with Crippen molar-refractivity contribution in [3.63, 3.8) is 0 Å². The predicted molar refractivity (Wildman–Crippen MR) is 82.2 cm³/mol. The summed E-state index contributed by atoms with van der Waals surface area (Å²) in [7, 11) is 0. The minimum absolute atomic E-state index is 0.512. The van der Waals surface area contributed by atoms with Crippen molar-refractivity contribution in [3.8, 4) is 5.75 Å². The third-order valence-electron chi connectivity index (χ3n) is 3.37. The molecule has 6 heteroatoms. The molecule has 0 aliphatic heterocycles. The van der Waals surface area contributed by atoms with Crippen molar-refractivity contribution >= 4 is 17.0 Å². The number of hydrogen-bond acceptors (Lipinski definition) is 4. The van der Waals surface area contributed by atoms with Crippen LogP contribution in [0.25, 0.3) is 11.0 Å². The summed E-state index contributed by atoms with van der Waals surface area (Å²) in [5, 5.41) is 0. The van der Waals surface area contributed by atoms with E-state index in [-0.39, 0.29) is 0 Å². The molecule has 0 saturated heterocycles. The zero-order valence-corrected chi connectivity index (χ0v) is 12.1. The Labute approximate surface area is 123 Å². The van der Waals surface area contributed by atoms with Gasteiger partial charge in [-0.25, -0.2) is 9.97 Å². The van der Waals surface area contributed by atoms with E-state index < -0.39 is 0 Å². The molecule has 6 nitrogen and oxygen atoms in total. The lowest BCUT2D eigenvalue weighted by Crippen LogP contribution is -2.08. The molecule has 0 spiro atoms. The molecule has 3 aromatic rings. The Balaban J connectivity index is 1.89. The lowest BCUT2D eigenvalue weighted by atomic mass is 10.3. The lowest BCUT2D eigenvalue weighted by Gasteiger charge is -2.08. The SMILES string of the molecule is CCCOc1cccc2c1nc(N)n2CCn1ccnc1. The fourth-order valence-corrected chi connectivity index (χ4v) is 2.34. The number of nitrogens with zero attached hydrogens (tertiary/aromatic N) is 4. The number of nitrogen functional groups attached to an aromatic ring is 1. The number of aromatic nitrogens is 4.